The molecule has 34 heavy (non-hydrogen) atoms. The number of para-hydroxylation sites is 2. The Kier molecular flexibility index (Phi) is 5.55. The van der Waals surface area contributed by atoms with Gasteiger partial charge in [0.25, 0.3) is 11.6 Å². The molecule has 1 atom stereocenters. The van der Waals surface area contributed by atoms with E-state index < -0.39 is 6.17 Å². The maximum atomic E-state index is 13.9. The largest absolute Gasteiger partial charge is 0.342 e. The van der Waals surface area contributed by atoms with E-state index in [0.29, 0.717) is 23.4 Å². The van der Waals surface area contributed by atoms with Crippen molar-refractivity contribution in [2.24, 2.45) is 0 Å². The van der Waals surface area contributed by atoms with Gasteiger partial charge in [-0.2, -0.15) is 0 Å². The van der Waals surface area contributed by atoms with E-state index in [1.54, 1.807) is 23.1 Å². The average molecular weight is 450 g/mol. The van der Waals surface area contributed by atoms with Crippen LogP contribution in [0.4, 0.5) is 17.1 Å². The molecule has 0 radical (unpaired) electrons. The van der Waals surface area contributed by atoms with Gasteiger partial charge < -0.3 is 4.90 Å². The van der Waals surface area contributed by atoms with Crippen LogP contribution in [-0.2, 0) is 6.54 Å². The van der Waals surface area contributed by atoms with Crippen LogP contribution in [0.1, 0.15) is 33.2 Å². The number of fused-ring (bicyclic) bond motifs is 1. The van der Waals surface area contributed by atoms with Gasteiger partial charge in [0.15, 0.2) is 0 Å². The normalized spacial score (nSPS) is 15.2. The summed E-state index contributed by atoms with van der Waals surface area (Å²) in [7, 11) is 0. The lowest BCUT2D eigenvalue weighted by Gasteiger charge is -2.45. The number of carbonyl (C=O) groups is 1. The standard InChI is InChI=1S/C28H23N3O3/c1-20-15-17-22(18-16-20)30-27(23-11-5-8-14-26(23)31(33)34)29(19-21-9-3-2-4-10-21)25-13-7-6-12-24(25)28(30)32/h2-18,27H,19H2,1H3/t27-/m1/s1. The lowest BCUT2D eigenvalue weighted by Crippen LogP contribution is -2.49. The Morgan fingerprint density at radius 3 is 2.21 bits per heavy atom. The molecule has 0 aromatic heterocycles. The fourth-order valence-electron chi connectivity index (χ4n) is 4.51. The Morgan fingerprint density at radius 1 is 0.824 bits per heavy atom. The first-order chi connectivity index (χ1) is 16.5. The van der Waals surface area contributed by atoms with Crippen LogP contribution in [0.25, 0.3) is 0 Å². The summed E-state index contributed by atoms with van der Waals surface area (Å²) in [6, 6.07) is 31.7. The van der Waals surface area contributed by atoms with Crippen molar-refractivity contribution in [2.75, 3.05) is 9.80 Å². The molecule has 0 bridgehead atoms. The quantitative estimate of drug-likeness (QED) is 0.266. The van der Waals surface area contributed by atoms with Gasteiger partial charge in [0.05, 0.1) is 21.7 Å². The van der Waals surface area contributed by atoms with Crippen molar-refractivity contribution in [2.45, 2.75) is 19.6 Å². The van der Waals surface area contributed by atoms with Gasteiger partial charge in [0, 0.05) is 18.3 Å². The molecule has 1 aliphatic rings. The van der Waals surface area contributed by atoms with Crippen LogP contribution in [0.15, 0.2) is 103 Å². The van der Waals surface area contributed by atoms with E-state index in [2.05, 4.69) is 4.90 Å². The Morgan fingerprint density at radius 2 is 1.47 bits per heavy atom. The summed E-state index contributed by atoms with van der Waals surface area (Å²) in [6.07, 6.45) is -0.702. The number of hydrogen-bond acceptors (Lipinski definition) is 4. The van der Waals surface area contributed by atoms with E-state index in [4.69, 9.17) is 0 Å². The number of aryl methyl sites for hydroxylation is 1. The zero-order valence-corrected chi connectivity index (χ0v) is 18.7. The third-order valence-corrected chi connectivity index (χ3v) is 6.12. The van der Waals surface area contributed by atoms with Crippen LogP contribution in [0.3, 0.4) is 0 Å². The highest BCUT2D eigenvalue weighted by Crippen LogP contribution is 2.44. The van der Waals surface area contributed by atoms with Crippen molar-refractivity contribution in [3.63, 3.8) is 0 Å². The second-order valence-corrected chi connectivity index (χ2v) is 8.33. The number of nitro groups is 1. The maximum Gasteiger partial charge on any atom is 0.276 e. The molecule has 6 heteroatoms. The third-order valence-electron chi connectivity index (χ3n) is 6.12. The van der Waals surface area contributed by atoms with Gasteiger partial charge in [-0.05, 0) is 42.8 Å². The van der Waals surface area contributed by atoms with Gasteiger partial charge in [-0.3, -0.25) is 19.8 Å². The van der Waals surface area contributed by atoms with Gasteiger partial charge in [-0.25, -0.2) is 0 Å². The number of nitro benzene ring substituents is 1. The highest BCUT2D eigenvalue weighted by atomic mass is 16.6. The summed E-state index contributed by atoms with van der Waals surface area (Å²) in [6.45, 7) is 2.46. The fourth-order valence-corrected chi connectivity index (χ4v) is 4.51. The summed E-state index contributed by atoms with van der Waals surface area (Å²) in [5.41, 5.74) is 4.56. The Hall–Kier alpha value is -4.45. The molecule has 0 unspecified atom stereocenters. The first-order valence-electron chi connectivity index (χ1n) is 11.1. The molecule has 0 saturated heterocycles. The average Bonchev–Trinajstić information content (AvgIpc) is 2.87. The molecule has 6 nitrogen and oxygen atoms in total. The van der Waals surface area contributed by atoms with E-state index in [1.165, 1.54) is 6.07 Å². The molecule has 0 fully saturated rings. The molecule has 1 aliphatic heterocycles. The van der Waals surface area contributed by atoms with Gasteiger partial charge in [0.2, 0.25) is 0 Å². The molecule has 168 valence electrons. The predicted molar refractivity (Wildman–Crippen MR) is 133 cm³/mol. The van der Waals surface area contributed by atoms with Crippen molar-refractivity contribution in [1.82, 2.24) is 0 Å². The van der Waals surface area contributed by atoms with Crippen LogP contribution in [0.5, 0.6) is 0 Å². The highest BCUT2D eigenvalue weighted by Gasteiger charge is 2.42. The zero-order chi connectivity index (χ0) is 23.7. The summed E-state index contributed by atoms with van der Waals surface area (Å²) in [5, 5.41) is 12.0. The molecule has 1 heterocycles. The van der Waals surface area contributed by atoms with Crippen LogP contribution in [0.2, 0.25) is 0 Å². The maximum absolute atomic E-state index is 13.9. The first-order valence-corrected chi connectivity index (χ1v) is 11.1. The van der Waals surface area contributed by atoms with E-state index in [-0.39, 0.29) is 16.5 Å². The Bertz CT molecular complexity index is 1350. The SMILES string of the molecule is Cc1ccc(N2C(=O)c3ccccc3N(Cc3ccccc3)[C@H]2c2ccccc2[N+](=O)[O-])cc1. The smallest absolute Gasteiger partial charge is 0.276 e. The molecule has 4 aromatic carbocycles. The molecule has 5 rings (SSSR count). The second-order valence-electron chi connectivity index (χ2n) is 8.33. The minimum Gasteiger partial charge on any atom is -0.342 e. The molecular weight excluding hydrogens is 426 g/mol. The molecule has 1 amide bonds. The Labute approximate surface area is 197 Å². The number of benzene rings is 4. The van der Waals surface area contributed by atoms with Crippen LogP contribution in [-0.4, -0.2) is 10.8 Å². The van der Waals surface area contributed by atoms with Gasteiger partial charge in [-0.1, -0.05) is 72.3 Å². The predicted octanol–water partition coefficient (Wildman–Crippen LogP) is 6.27. The third kappa shape index (κ3) is 3.79. The zero-order valence-electron chi connectivity index (χ0n) is 18.7. The molecule has 4 aromatic rings. The van der Waals surface area contributed by atoms with E-state index in [1.807, 2.05) is 85.8 Å². The summed E-state index contributed by atoms with van der Waals surface area (Å²) in [4.78, 5) is 29.3. The lowest BCUT2D eigenvalue weighted by molar-refractivity contribution is -0.385. The minimum absolute atomic E-state index is 0.0187. The number of nitrogens with zero attached hydrogens (tertiary/aromatic N) is 3. The van der Waals surface area contributed by atoms with Crippen LogP contribution >= 0.6 is 0 Å². The van der Waals surface area contributed by atoms with Crippen molar-refractivity contribution in [3.05, 3.63) is 135 Å². The highest BCUT2D eigenvalue weighted by molar-refractivity contribution is 6.12. The van der Waals surface area contributed by atoms with E-state index in [0.717, 1.165) is 16.8 Å². The first kappa shape index (κ1) is 21.4. The fraction of sp³-hybridized carbons (Fsp3) is 0.107. The summed E-state index contributed by atoms with van der Waals surface area (Å²) >= 11 is 0. The molecular formula is C28H23N3O3. The lowest BCUT2D eigenvalue weighted by atomic mass is 9.98. The number of carbonyl (C=O) groups excluding carboxylic acids is 1. The molecule has 0 saturated carbocycles. The van der Waals surface area contributed by atoms with Crippen molar-refractivity contribution >= 4 is 23.0 Å². The van der Waals surface area contributed by atoms with Crippen LogP contribution in [0, 0.1) is 17.0 Å². The topological polar surface area (TPSA) is 66.7 Å². The number of rotatable bonds is 5. The van der Waals surface area contributed by atoms with E-state index >= 15 is 0 Å². The van der Waals surface area contributed by atoms with Gasteiger partial charge >= 0.3 is 0 Å². The second kappa shape index (κ2) is 8.83. The number of amides is 1. The molecule has 0 aliphatic carbocycles. The Balaban J connectivity index is 1.77. The molecule has 0 N–H and O–H groups in total. The van der Waals surface area contributed by atoms with Crippen LogP contribution < -0.4 is 9.80 Å². The monoisotopic (exact) mass is 449 g/mol. The summed E-state index contributed by atoms with van der Waals surface area (Å²) in [5.74, 6) is -0.188. The minimum atomic E-state index is -0.702. The van der Waals surface area contributed by atoms with Crippen molar-refractivity contribution in [3.8, 4) is 0 Å². The van der Waals surface area contributed by atoms with Gasteiger partial charge in [0.1, 0.15) is 6.17 Å². The van der Waals surface area contributed by atoms with Crippen molar-refractivity contribution < 1.29 is 9.72 Å². The van der Waals surface area contributed by atoms with E-state index in [9.17, 15) is 14.9 Å². The van der Waals surface area contributed by atoms with Gasteiger partial charge in [-0.15, -0.1) is 0 Å². The molecule has 0 spiro atoms. The number of anilines is 2. The number of hydrogen-bond donors (Lipinski definition) is 0. The summed E-state index contributed by atoms with van der Waals surface area (Å²) < 4.78 is 0. The van der Waals surface area contributed by atoms with Crippen molar-refractivity contribution in [1.29, 1.82) is 0 Å².